The average molecular weight is 540 g/mol. The molecule has 2 aliphatic heterocycles. The predicted octanol–water partition coefficient (Wildman–Crippen LogP) is 5.33. The molecule has 1 fully saturated rings. The maximum absolute atomic E-state index is 14.1. The maximum Gasteiger partial charge on any atom is 0.435 e. The van der Waals surface area contributed by atoms with E-state index in [1.165, 1.54) is 36.5 Å². The molecule has 3 aromatic rings. The summed E-state index contributed by atoms with van der Waals surface area (Å²) in [7, 11) is 0. The van der Waals surface area contributed by atoms with Crippen LogP contribution < -0.4 is 0 Å². The van der Waals surface area contributed by atoms with Crippen LogP contribution in [0.5, 0.6) is 0 Å². The van der Waals surface area contributed by atoms with E-state index in [0.29, 0.717) is 24.5 Å². The number of hydrogen-bond donors (Lipinski definition) is 0. The van der Waals surface area contributed by atoms with Gasteiger partial charge in [-0.15, -0.1) is 11.3 Å². The molecule has 2 aliphatic rings. The zero-order chi connectivity index (χ0) is 26.3. The highest BCUT2D eigenvalue weighted by molar-refractivity contribution is 7.10. The van der Waals surface area contributed by atoms with Crippen molar-refractivity contribution in [3.63, 3.8) is 0 Å². The highest BCUT2D eigenvalue weighted by atomic mass is 32.1. The van der Waals surface area contributed by atoms with E-state index in [4.69, 9.17) is 4.84 Å². The van der Waals surface area contributed by atoms with E-state index in [-0.39, 0.29) is 30.1 Å². The van der Waals surface area contributed by atoms with E-state index in [0.717, 1.165) is 28.6 Å². The molecule has 0 bridgehead atoms. The molecular weight excluding hydrogens is 517 g/mol. The van der Waals surface area contributed by atoms with E-state index in [1.807, 2.05) is 10.3 Å². The van der Waals surface area contributed by atoms with Crippen LogP contribution in [0.3, 0.4) is 0 Å². The maximum atomic E-state index is 14.1. The first kappa shape index (κ1) is 25.5. The number of nitrogens with zero attached hydrogens (tertiary/aromatic N) is 5. The molecule has 0 saturated carbocycles. The smallest absolute Gasteiger partial charge is 0.387 e. The average Bonchev–Trinajstić information content (AvgIpc) is 3.59. The third-order valence-corrected chi connectivity index (χ3v) is 7.53. The number of benzene rings is 1. The number of hydrogen-bond acceptors (Lipinski definition) is 7. The van der Waals surface area contributed by atoms with Crippen LogP contribution in [0.15, 0.2) is 34.8 Å². The lowest BCUT2D eigenvalue weighted by molar-refractivity contribution is -0.141. The molecule has 1 atom stereocenters. The zero-order valence-corrected chi connectivity index (χ0v) is 20.5. The Balaban J connectivity index is 1.16. The van der Waals surface area contributed by atoms with Crippen molar-refractivity contribution in [2.75, 3.05) is 19.6 Å². The van der Waals surface area contributed by atoms with Crippen LogP contribution in [0.2, 0.25) is 0 Å². The normalized spacial score (nSPS) is 19.2. The summed E-state index contributed by atoms with van der Waals surface area (Å²) in [5.41, 5.74) is 0.0246. The number of carbonyl (C=O) groups excluding carboxylic acids is 1. The third-order valence-electron chi connectivity index (χ3n) is 6.52. The first-order valence-electron chi connectivity index (χ1n) is 11.6. The van der Waals surface area contributed by atoms with Crippen LogP contribution in [0.1, 0.15) is 63.7 Å². The Morgan fingerprint density at radius 2 is 1.89 bits per heavy atom. The molecule has 37 heavy (non-hydrogen) atoms. The van der Waals surface area contributed by atoms with E-state index in [2.05, 4.69) is 15.2 Å². The third kappa shape index (κ3) is 5.28. The fourth-order valence-corrected chi connectivity index (χ4v) is 5.57. The van der Waals surface area contributed by atoms with Gasteiger partial charge in [0, 0.05) is 23.4 Å². The molecule has 196 valence electrons. The van der Waals surface area contributed by atoms with Gasteiger partial charge in [0.05, 0.1) is 22.8 Å². The van der Waals surface area contributed by atoms with Gasteiger partial charge in [0.2, 0.25) is 0 Å². The number of likely N-dealkylation sites (tertiary alicyclic amines) is 1. The summed E-state index contributed by atoms with van der Waals surface area (Å²) in [6, 6.07) is 4.51. The van der Waals surface area contributed by atoms with Gasteiger partial charge in [-0.3, -0.25) is 9.69 Å². The van der Waals surface area contributed by atoms with E-state index in [1.54, 1.807) is 0 Å². The van der Waals surface area contributed by atoms with Gasteiger partial charge in [0.25, 0.3) is 5.91 Å². The predicted molar refractivity (Wildman–Crippen MR) is 124 cm³/mol. The van der Waals surface area contributed by atoms with Crippen molar-refractivity contribution in [2.24, 2.45) is 5.16 Å². The van der Waals surface area contributed by atoms with Gasteiger partial charge in [0.1, 0.15) is 17.3 Å². The number of halogens is 5. The second-order valence-electron chi connectivity index (χ2n) is 9.07. The van der Waals surface area contributed by atoms with Crippen molar-refractivity contribution in [3.05, 3.63) is 68.9 Å². The standard InChI is InChI=1S/C24H22F5N5O2S/c1-13-9-20(24(27,28)29)31-34(13)21(35)11-33-7-5-14(6-8-33)23-30-18(12-37-23)17-10-19(36-32-17)22-15(25)3-2-4-16(22)26/h2-4,9,12,14,19H,5-8,10-11H2,1H3. The molecule has 2 aromatic heterocycles. The van der Waals surface area contributed by atoms with Gasteiger partial charge in [-0.1, -0.05) is 11.2 Å². The number of piperidine rings is 1. The Hall–Kier alpha value is -3.19. The second kappa shape index (κ2) is 9.93. The Morgan fingerprint density at radius 3 is 2.54 bits per heavy atom. The molecule has 0 aliphatic carbocycles. The van der Waals surface area contributed by atoms with Crippen LogP contribution >= 0.6 is 11.3 Å². The van der Waals surface area contributed by atoms with Gasteiger partial charge in [-0.25, -0.2) is 18.4 Å². The SMILES string of the molecule is Cc1cc(C(F)(F)F)nn1C(=O)CN1CCC(c2nc(C3=NOC(c4c(F)cccc4F)C3)cs2)CC1. The minimum absolute atomic E-state index is 0.0300. The van der Waals surface area contributed by atoms with Gasteiger partial charge in [0.15, 0.2) is 11.8 Å². The van der Waals surface area contributed by atoms with Crippen molar-refractivity contribution < 1.29 is 31.6 Å². The molecule has 0 spiro atoms. The molecule has 0 amide bonds. The van der Waals surface area contributed by atoms with Crippen molar-refractivity contribution in [1.82, 2.24) is 19.7 Å². The second-order valence-corrected chi connectivity index (χ2v) is 9.96. The number of thiazole rings is 1. The summed E-state index contributed by atoms with van der Waals surface area (Å²) >= 11 is 1.46. The summed E-state index contributed by atoms with van der Waals surface area (Å²) in [5.74, 6) is -1.73. The molecule has 0 N–H and O–H groups in total. The molecule has 13 heteroatoms. The number of aryl methyl sites for hydroxylation is 1. The number of alkyl halides is 3. The van der Waals surface area contributed by atoms with Crippen molar-refractivity contribution in [3.8, 4) is 0 Å². The highest BCUT2D eigenvalue weighted by Gasteiger charge is 2.35. The highest BCUT2D eigenvalue weighted by Crippen LogP contribution is 2.35. The largest absolute Gasteiger partial charge is 0.435 e. The topological polar surface area (TPSA) is 72.6 Å². The fourth-order valence-electron chi connectivity index (χ4n) is 4.57. The summed E-state index contributed by atoms with van der Waals surface area (Å²) in [5, 5.41) is 10.2. The molecule has 5 rings (SSSR count). The van der Waals surface area contributed by atoms with E-state index in [9.17, 15) is 26.7 Å². The summed E-state index contributed by atoms with van der Waals surface area (Å²) in [4.78, 5) is 24.4. The fraction of sp³-hybridized carbons (Fsp3) is 0.417. The molecule has 4 heterocycles. The summed E-state index contributed by atoms with van der Waals surface area (Å²) in [6.07, 6.45) is -3.82. The molecule has 0 radical (unpaired) electrons. The monoisotopic (exact) mass is 539 g/mol. The molecular formula is C24H22F5N5O2S. The van der Waals surface area contributed by atoms with E-state index < -0.39 is 35.5 Å². The Bertz CT molecular complexity index is 1320. The zero-order valence-electron chi connectivity index (χ0n) is 19.6. The molecule has 1 unspecified atom stereocenters. The minimum Gasteiger partial charge on any atom is -0.387 e. The number of carbonyl (C=O) groups is 1. The molecule has 1 aromatic carbocycles. The van der Waals surface area contributed by atoms with Crippen LogP contribution in [-0.4, -0.2) is 50.9 Å². The lowest BCUT2D eigenvalue weighted by Gasteiger charge is -2.30. The number of aromatic nitrogens is 3. The summed E-state index contributed by atoms with van der Waals surface area (Å²) < 4.78 is 67.7. The quantitative estimate of drug-likeness (QED) is 0.410. The van der Waals surface area contributed by atoms with Gasteiger partial charge in [-0.2, -0.15) is 18.3 Å². The molecule has 7 nitrogen and oxygen atoms in total. The first-order valence-corrected chi connectivity index (χ1v) is 12.5. The lowest BCUT2D eigenvalue weighted by atomic mass is 9.97. The number of oxime groups is 1. The lowest BCUT2D eigenvalue weighted by Crippen LogP contribution is -2.39. The Labute approximate surface area is 212 Å². The van der Waals surface area contributed by atoms with Crippen molar-refractivity contribution in [2.45, 2.75) is 44.4 Å². The van der Waals surface area contributed by atoms with Crippen LogP contribution in [-0.2, 0) is 11.0 Å². The molecule has 1 saturated heterocycles. The summed E-state index contributed by atoms with van der Waals surface area (Å²) in [6.45, 7) is 2.55. The van der Waals surface area contributed by atoms with E-state index >= 15 is 0 Å². The van der Waals surface area contributed by atoms with Crippen LogP contribution in [0.4, 0.5) is 22.0 Å². The number of rotatable bonds is 5. The van der Waals surface area contributed by atoms with Crippen LogP contribution in [0.25, 0.3) is 0 Å². The first-order chi connectivity index (χ1) is 17.6. The van der Waals surface area contributed by atoms with Crippen molar-refractivity contribution in [1.29, 1.82) is 0 Å². The minimum atomic E-state index is -4.60. The van der Waals surface area contributed by atoms with Crippen molar-refractivity contribution >= 4 is 23.0 Å². The Kier molecular flexibility index (Phi) is 6.84. The van der Waals surface area contributed by atoms with Gasteiger partial charge < -0.3 is 4.84 Å². The van der Waals surface area contributed by atoms with Gasteiger partial charge >= 0.3 is 6.18 Å². The van der Waals surface area contributed by atoms with Crippen LogP contribution in [0, 0.1) is 18.6 Å². The van der Waals surface area contributed by atoms with Gasteiger partial charge in [-0.05, 0) is 51.1 Å². The Morgan fingerprint density at radius 1 is 1.19 bits per heavy atom.